The Morgan fingerprint density at radius 2 is 1.11 bits per heavy atom. The molecule has 2 aliphatic carbocycles. The van der Waals surface area contributed by atoms with Crippen molar-refractivity contribution in [2.45, 2.75) is 18.3 Å². The topological polar surface area (TPSA) is 8.17 Å². The Morgan fingerprint density at radius 1 is 0.474 bits per heavy atom. The smallest absolute Gasteiger partial charge is 0.0710 e. The third-order valence-corrected chi connectivity index (χ3v) is 12.1. The highest BCUT2D eigenvalue weighted by Crippen LogP contribution is 2.59. The van der Waals surface area contributed by atoms with E-state index in [4.69, 9.17) is 0 Å². The van der Waals surface area contributed by atoms with Crippen LogP contribution >= 0.6 is 0 Å². The molecule has 57 heavy (non-hydrogen) atoms. The van der Waals surface area contributed by atoms with Crippen molar-refractivity contribution in [2.75, 3.05) is 4.90 Å². The van der Waals surface area contributed by atoms with Gasteiger partial charge in [-0.15, -0.1) is 0 Å². The lowest BCUT2D eigenvalue weighted by Gasteiger charge is -2.35. The summed E-state index contributed by atoms with van der Waals surface area (Å²) < 4.78 is 2.39. The zero-order valence-electron chi connectivity index (χ0n) is 31.6. The number of nitrogens with zero attached hydrogens (tertiary/aromatic N) is 2. The molecule has 270 valence electrons. The lowest BCUT2D eigenvalue weighted by atomic mass is 9.66. The van der Waals surface area contributed by atoms with Crippen LogP contribution in [-0.2, 0) is 5.41 Å². The van der Waals surface area contributed by atoms with Crippen molar-refractivity contribution >= 4 is 38.9 Å². The minimum absolute atomic E-state index is 0.387. The number of hydrogen-bond donors (Lipinski definition) is 0. The predicted octanol–water partition coefficient (Wildman–Crippen LogP) is 14.5. The van der Waals surface area contributed by atoms with Gasteiger partial charge in [0.15, 0.2) is 0 Å². The first-order valence-electron chi connectivity index (χ1n) is 20.0. The van der Waals surface area contributed by atoms with Crippen molar-refractivity contribution < 1.29 is 0 Å². The predicted molar refractivity (Wildman–Crippen MR) is 239 cm³/mol. The van der Waals surface area contributed by atoms with Gasteiger partial charge in [-0.2, -0.15) is 0 Å². The number of fused-ring (bicyclic) bond motifs is 6. The van der Waals surface area contributed by atoms with E-state index in [-0.39, 0.29) is 5.41 Å². The lowest BCUT2D eigenvalue weighted by molar-refractivity contribution is 0.751. The van der Waals surface area contributed by atoms with Crippen molar-refractivity contribution in [3.63, 3.8) is 0 Å². The summed E-state index contributed by atoms with van der Waals surface area (Å²) in [6.45, 7) is 0. The highest BCUT2D eigenvalue weighted by molar-refractivity contribution is 6.16. The molecule has 9 aromatic rings. The molecule has 11 rings (SSSR count). The Balaban J connectivity index is 1.10. The van der Waals surface area contributed by atoms with Gasteiger partial charge in [-0.3, -0.25) is 0 Å². The quantitative estimate of drug-likeness (QED) is 0.159. The molecule has 1 unspecified atom stereocenters. The van der Waals surface area contributed by atoms with Gasteiger partial charge < -0.3 is 9.47 Å². The average molecular weight is 729 g/mol. The zero-order chi connectivity index (χ0) is 37.8. The Hall–Kier alpha value is -7.16. The number of allylic oxidation sites excluding steroid dienone is 4. The fraction of sp³-hybridized carbons (Fsp3) is 0.0545. The van der Waals surface area contributed by atoms with Gasteiger partial charge in [0, 0.05) is 27.8 Å². The Morgan fingerprint density at radius 3 is 1.89 bits per heavy atom. The molecule has 0 radical (unpaired) electrons. The van der Waals surface area contributed by atoms with Crippen molar-refractivity contribution in [2.24, 2.45) is 0 Å². The maximum Gasteiger partial charge on any atom is 0.0710 e. The minimum Gasteiger partial charge on any atom is -0.310 e. The summed E-state index contributed by atoms with van der Waals surface area (Å²) >= 11 is 0. The first-order chi connectivity index (χ1) is 28.3. The van der Waals surface area contributed by atoms with E-state index in [0.29, 0.717) is 0 Å². The molecule has 8 aromatic carbocycles. The van der Waals surface area contributed by atoms with Gasteiger partial charge in [0.1, 0.15) is 0 Å². The van der Waals surface area contributed by atoms with Gasteiger partial charge in [0.2, 0.25) is 0 Å². The van der Waals surface area contributed by atoms with Crippen LogP contribution in [0.3, 0.4) is 0 Å². The van der Waals surface area contributed by atoms with Crippen LogP contribution in [0.1, 0.15) is 29.5 Å². The van der Waals surface area contributed by atoms with E-state index in [1.807, 2.05) is 0 Å². The van der Waals surface area contributed by atoms with E-state index >= 15 is 0 Å². The van der Waals surface area contributed by atoms with Crippen LogP contribution in [-0.4, -0.2) is 4.57 Å². The number of para-hydroxylation sites is 3. The molecular formula is C55H40N2. The third-order valence-electron chi connectivity index (χ3n) is 12.1. The van der Waals surface area contributed by atoms with Gasteiger partial charge in [0.05, 0.1) is 22.1 Å². The average Bonchev–Trinajstić information content (AvgIpc) is 3.80. The maximum absolute atomic E-state index is 2.47. The SMILES string of the molecule is C1=CC(C2(c3ccccc3)c3ccccc3-c3c(-c4ccc(N(c5ccccc5)c5cccc6c5c5ccccc5n6-c5ccccc5)cc4)cccc32)=CCC1. The molecule has 0 spiro atoms. The van der Waals surface area contributed by atoms with E-state index in [0.717, 1.165) is 35.6 Å². The second-order valence-corrected chi connectivity index (χ2v) is 15.1. The first kappa shape index (κ1) is 33.2. The number of anilines is 3. The summed E-state index contributed by atoms with van der Waals surface area (Å²) in [4.78, 5) is 2.42. The van der Waals surface area contributed by atoms with Crippen molar-refractivity contribution in [3.8, 4) is 27.9 Å². The van der Waals surface area contributed by atoms with Crippen LogP contribution in [0, 0.1) is 0 Å². The molecule has 1 aromatic heterocycles. The van der Waals surface area contributed by atoms with Crippen LogP contribution in [0.5, 0.6) is 0 Å². The Bertz CT molecular complexity index is 2990. The molecule has 0 amide bonds. The Labute approximate surface area is 333 Å². The summed E-state index contributed by atoms with van der Waals surface area (Å²) in [6, 6.07) is 73.4. The fourth-order valence-corrected chi connectivity index (χ4v) is 9.77. The van der Waals surface area contributed by atoms with Gasteiger partial charge in [0.25, 0.3) is 0 Å². The van der Waals surface area contributed by atoms with Gasteiger partial charge in [-0.05, 0) is 112 Å². The second-order valence-electron chi connectivity index (χ2n) is 15.1. The van der Waals surface area contributed by atoms with E-state index in [1.54, 1.807) is 0 Å². The van der Waals surface area contributed by atoms with E-state index < -0.39 is 0 Å². The number of rotatable bonds is 7. The summed E-state index contributed by atoms with van der Waals surface area (Å²) in [7, 11) is 0. The van der Waals surface area contributed by atoms with Crippen molar-refractivity contribution in [3.05, 3.63) is 241 Å². The molecule has 0 bridgehead atoms. The van der Waals surface area contributed by atoms with Gasteiger partial charge in [-0.1, -0.05) is 164 Å². The summed E-state index contributed by atoms with van der Waals surface area (Å²) in [5.41, 5.74) is 17.0. The number of aromatic nitrogens is 1. The van der Waals surface area contributed by atoms with Gasteiger partial charge >= 0.3 is 0 Å². The molecule has 2 heteroatoms. The maximum atomic E-state index is 2.47. The summed E-state index contributed by atoms with van der Waals surface area (Å²) in [6.07, 6.45) is 9.33. The molecule has 0 fully saturated rings. The van der Waals surface area contributed by atoms with Crippen LogP contribution < -0.4 is 4.90 Å². The van der Waals surface area contributed by atoms with E-state index in [9.17, 15) is 0 Å². The molecule has 0 aliphatic heterocycles. The lowest BCUT2D eigenvalue weighted by Crippen LogP contribution is -2.29. The monoisotopic (exact) mass is 728 g/mol. The normalized spacial score (nSPS) is 15.7. The highest BCUT2D eigenvalue weighted by atomic mass is 15.1. The summed E-state index contributed by atoms with van der Waals surface area (Å²) in [5, 5.41) is 2.46. The number of hydrogen-bond acceptors (Lipinski definition) is 1. The molecule has 0 saturated carbocycles. The third kappa shape index (κ3) is 5.11. The molecule has 1 heterocycles. The first-order valence-corrected chi connectivity index (χ1v) is 20.0. The molecule has 0 N–H and O–H groups in total. The molecular weight excluding hydrogens is 689 g/mol. The van der Waals surface area contributed by atoms with Crippen LogP contribution in [0.4, 0.5) is 17.1 Å². The highest BCUT2D eigenvalue weighted by Gasteiger charge is 2.47. The second kappa shape index (κ2) is 13.5. The largest absolute Gasteiger partial charge is 0.310 e. The summed E-state index contributed by atoms with van der Waals surface area (Å²) in [5.74, 6) is 0. The minimum atomic E-state index is -0.387. The van der Waals surface area contributed by atoms with Crippen molar-refractivity contribution in [1.29, 1.82) is 0 Å². The fourth-order valence-electron chi connectivity index (χ4n) is 9.77. The van der Waals surface area contributed by atoms with Crippen LogP contribution in [0.15, 0.2) is 224 Å². The number of benzene rings is 8. The van der Waals surface area contributed by atoms with Crippen molar-refractivity contribution in [1.82, 2.24) is 4.57 Å². The standard InChI is InChI=1S/C55H40N2/c1-5-19-40(20-6-1)55(41-21-7-2-8-22-41)48-30-15-13-27-46(48)53-45(29-17-31-49(53)55)39-35-37-44(38-36-39)56(42-23-9-3-10-24-42)51-33-18-34-52-54(51)47-28-14-16-32-50(47)57(52)43-25-11-4-12-26-43/h1,3-7,9-38H,2,8H2. The van der Waals surface area contributed by atoms with Gasteiger partial charge in [-0.25, -0.2) is 0 Å². The van der Waals surface area contributed by atoms with Crippen LogP contribution in [0.2, 0.25) is 0 Å². The van der Waals surface area contributed by atoms with Crippen LogP contribution in [0.25, 0.3) is 49.7 Å². The molecule has 2 aliphatic rings. The molecule has 2 nitrogen and oxygen atoms in total. The molecule has 0 saturated heterocycles. The molecule has 1 atom stereocenters. The van der Waals surface area contributed by atoms with E-state index in [2.05, 4.69) is 228 Å². The van der Waals surface area contributed by atoms with E-state index in [1.165, 1.54) is 66.3 Å². The zero-order valence-corrected chi connectivity index (χ0v) is 31.6. The Kier molecular flexibility index (Phi) is 7.89.